The van der Waals surface area contributed by atoms with Crippen molar-refractivity contribution in [2.75, 3.05) is 0 Å². The van der Waals surface area contributed by atoms with Crippen LogP contribution in [0.5, 0.6) is 0 Å². The molecule has 1 heterocycles. The fourth-order valence-electron chi connectivity index (χ4n) is 6.71. The number of fused-ring (bicyclic) bond motifs is 3. The summed E-state index contributed by atoms with van der Waals surface area (Å²) in [6.07, 6.45) is 6.83. The molecule has 0 aromatic heterocycles. The second kappa shape index (κ2) is 4.14. The fourth-order valence-corrected chi connectivity index (χ4v) is 6.71. The minimum Gasteiger partial charge on any atom is -0.457 e. The van der Waals surface area contributed by atoms with E-state index in [0.29, 0.717) is 36.9 Å². The quantitative estimate of drug-likeness (QED) is 0.645. The summed E-state index contributed by atoms with van der Waals surface area (Å²) in [6.45, 7) is 2.14. The maximum Gasteiger partial charge on any atom is 0.317 e. The van der Waals surface area contributed by atoms with Crippen LogP contribution in [0.2, 0.25) is 0 Å². The highest BCUT2D eigenvalue weighted by Gasteiger charge is 2.68. The average molecular weight is 314 g/mol. The van der Waals surface area contributed by atoms with Gasteiger partial charge in [0.15, 0.2) is 5.78 Å². The zero-order valence-corrected chi connectivity index (χ0v) is 13.5. The molecule has 0 aromatic rings. The number of carbonyl (C=O) groups excluding carboxylic acids is 3. The molecule has 5 rings (SSSR count). The molecule has 0 spiro atoms. The Bertz CT molecular complexity index is 677. The van der Waals surface area contributed by atoms with Crippen molar-refractivity contribution < 1.29 is 19.1 Å². The molecule has 1 unspecified atom stereocenters. The molecular weight excluding hydrogens is 292 g/mol. The lowest BCUT2D eigenvalue weighted by Gasteiger charge is -2.53. The van der Waals surface area contributed by atoms with Crippen molar-refractivity contribution in [2.24, 2.45) is 28.6 Å². The van der Waals surface area contributed by atoms with E-state index in [1.165, 1.54) is 0 Å². The molecule has 2 bridgehead atoms. The van der Waals surface area contributed by atoms with Crippen molar-refractivity contribution in [3.05, 3.63) is 11.6 Å². The van der Waals surface area contributed by atoms with Gasteiger partial charge in [0.25, 0.3) is 0 Å². The Labute approximate surface area is 135 Å². The summed E-state index contributed by atoms with van der Waals surface area (Å²) in [5, 5.41) is 0. The second-order valence-corrected chi connectivity index (χ2v) is 8.46. The first-order chi connectivity index (χ1) is 11.0. The highest BCUT2D eigenvalue weighted by molar-refractivity contribution is 5.97. The third kappa shape index (κ3) is 1.46. The summed E-state index contributed by atoms with van der Waals surface area (Å²) in [6, 6.07) is 0. The van der Waals surface area contributed by atoms with E-state index in [1.54, 1.807) is 6.08 Å². The Balaban J connectivity index is 1.62. The zero-order valence-electron chi connectivity index (χ0n) is 13.5. The monoisotopic (exact) mass is 314 g/mol. The van der Waals surface area contributed by atoms with E-state index < -0.39 is 5.41 Å². The number of esters is 1. The molecule has 23 heavy (non-hydrogen) atoms. The van der Waals surface area contributed by atoms with Crippen molar-refractivity contribution >= 4 is 17.5 Å². The number of Topliss-reactive ketones (excluding diaryl/α,β-unsaturated/α-hetero) is 1. The van der Waals surface area contributed by atoms with Crippen molar-refractivity contribution in [3.63, 3.8) is 0 Å². The summed E-state index contributed by atoms with van der Waals surface area (Å²) in [7, 11) is 0. The van der Waals surface area contributed by atoms with Gasteiger partial charge in [0, 0.05) is 18.3 Å². The van der Waals surface area contributed by atoms with Gasteiger partial charge in [-0.2, -0.15) is 0 Å². The van der Waals surface area contributed by atoms with Crippen LogP contribution in [0.4, 0.5) is 0 Å². The molecule has 0 N–H and O–H groups in total. The zero-order chi connectivity index (χ0) is 16.0. The molecule has 0 amide bonds. The van der Waals surface area contributed by atoms with Crippen molar-refractivity contribution in [1.82, 2.24) is 0 Å². The summed E-state index contributed by atoms with van der Waals surface area (Å²) in [5.74, 6) is 1.50. The van der Waals surface area contributed by atoms with Crippen molar-refractivity contribution in [1.29, 1.82) is 0 Å². The molecule has 122 valence electrons. The fraction of sp³-hybridized carbons (Fsp3) is 0.737. The Morgan fingerprint density at radius 2 is 1.91 bits per heavy atom. The van der Waals surface area contributed by atoms with Gasteiger partial charge in [0.2, 0.25) is 0 Å². The van der Waals surface area contributed by atoms with E-state index in [2.05, 4.69) is 6.92 Å². The summed E-state index contributed by atoms with van der Waals surface area (Å²) in [5.41, 5.74) is 0.230. The second-order valence-electron chi connectivity index (χ2n) is 8.46. The van der Waals surface area contributed by atoms with Crippen LogP contribution in [0.1, 0.15) is 51.9 Å². The van der Waals surface area contributed by atoms with E-state index >= 15 is 0 Å². The number of rotatable bonds is 0. The standard InChI is InChI=1S/C19H22O4/c1-18-6-5-13-11(12(18)2-3-16(18)21)9-15-14-8-10(20)4-7-19(13,14)17(22)23-15/h8,11-13,15H,2-7,9H2,1H3/t11-,12-,13-,15?,18-,19-/m0/s1. The van der Waals surface area contributed by atoms with Crippen LogP contribution in [0.25, 0.3) is 0 Å². The largest absolute Gasteiger partial charge is 0.457 e. The first-order valence-corrected chi connectivity index (χ1v) is 8.96. The van der Waals surface area contributed by atoms with Gasteiger partial charge in [0.1, 0.15) is 11.9 Å². The molecule has 1 aliphatic heterocycles. The summed E-state index contributed by atoms with van der Waals surface area (Å²) < 4.78 is 5.73. The Kier molecular flexibility index (Phi) is 2.51. The van der Waals surface area contributed by atoms with Crippen LogP contribution < -0.4 is 0 Å². The first-order valence-electron chi connectivity index (χ1n) is 8.96. The first kappa shape index (κ1) is 13.9. The number of carbonyl (C=O) groups is 3. The van der Waals surface area contributed by atoms with Gasteiger partial charge in [0.05, 0.1) is 5.41 Å². The van der Waals surface area contributed by atoms with Gasteiger partial charge in [-0.3, -0.25) is 14.4 Å². The van der Waals surface area contributed by atoms with Crippen LogP contribution in [0.3, 0.4) is 0 Å². The van der Waals surface area contributed by atoms with Crippen LogP contribution >= 0.6 is 0 Å². The molecular formula is C19H22O4. The van der Waals surface area contributed by atoms with Crippen LogP contribution in [-0.2, 0) is 19.1 Å². The minimum absolute atomic E-state index is 0.0957. The van der Waals surface area contributed by atoms with Gasteiger partial charge < -0.3 is 4.74 Å². The molecule has 6 atom stereocenters. The molecule has 0 aromatic carbocycles. The van der Waals surface area contributed by atoms with Crippen LogP contribution in [0, 0.1) is 28.6 Å². The SMILES string of the molecule is C[C@]12CC[C@H]3[C@@H](CC4OC(=O)[C@@]35CCC(=O)C=C45)[C@@H]1CCC2=O. The molecule has 0 radical (unpaired) electrons. The predicted molar refractivity (Wildman–Crippen MR) is 81.3 cm³/mol. The van der Waals surface area contributed by atoms with Gasteiger partial charge in [-0.1, -0.05) is 6.92 Å². The number of hydrogen-bond acceptors (Lipinski definition) is 4. The molecule has 3 saturated carbocycles. The highest BCUT2D eigenvalue weighted by Crippen LogP contribution is 2.67. The van der Waals surface area contributed by atoms with Crippen molar-refractivity contribution in [2.45, 2.75) is 58.0 Å². The van der Waals surface area contributed by atoms with E-state index in [1.807, 2.05) is 0 Å². The summed E-state index contributed by atoms with van der Waals surface area (Å²) in [4.78, 5) is 37.1. The van der Waals surface area contributed by atoms with E-state index in [-0.39, 0.29) is 29.2 Å². The lowest BCUT2D eigenvalue weighted by Crippen LogP contribution is -2.53. The lowest BCUT2D eigenvalue weighted by molar-refractivity contribution is -0.151. The smallest absolute Gasteiger partial charge is 0.317 e. The van der Waals surface area contributed by atoms with Crippen molar-refractivity contribution in [3.8, 4) is 0 Å². The number of ether oxygens (including phenoxy) is 1. The molecule has 4 aliphatic carbocycles. The molecule has 4 fully saturated rings. The normalized spacial score (nSPS) is 50.8. The van der Waals surface area contributed by atoms with E-state index in [9.17, 15) is 14.4 Å². The lowest BCUT2D eigenvalue weighted by atomic mass is 9.47. The maximum absolute atomic E-state index is 12.8. The predicted octanol–water partition coefficient (Wildman–Crippen LogP) is 2.60. The van der Waals surface area contributed by atoms with Gasteiger partial charge in [-0.25, -0.2) is 0 Å². The Morgan fingerprint density at radius 1 is 1.09 bits per heavy atom. The van der Waals surface area contributed by atoms with E-state index in [4.69, 9.17) is 4.74 Å². The van der Waals surface area contributed by atoms with Crippen LogP contribution in [0.15, 0.2) is 11.6 Å². The number of hydrogen-bond donors (Lipinski definition) is 0. The third-order valence-corrected chi connectivity index (χ3v) is 7.82. The van der Waals surface area contributed by atoms with Gasteiger partial charge in [-0.05, 0) is 61.5 Å². The number of ketones is 2. The molecule has 5 aliphatic rings. The Morgan fingerprint density at radius 3 is 2.74 bits per heavy atom. The van der Waals surface area contributed by atoms with Gasteiger partial charge >= 0.3 is 5.97 Å². The topological polar surface area (TPSA) is 60.4 Å². The minimum atomic E-state index is -0.547. The molecule has 4 nitrogen and oxygen atoms in total. The Hall–Kier alpha value is -1.45. The highest BCUT2D eigenvalue weighted by atomic mass is 16.6. The summed E-state index contributed by atoms with van der Waals surface area (Å²) >= 11 is 0. The molecule has 4 heteroatoms. The van der Waals surface area contributed by atoms with E-state index in [0.717, 1.165) is 31.3 Å². The molecule has 1 saturated heterocycles. The maximum atomic E-state index is 12.8. The average Bonchev–Trinajstić information content (AvgIpc) is 2.92. The third-order valence-electron chi connectivity index (χ3n) is 7.82. The van der Waals surface area contributed by atoms with Gasteiger partial charge in [-0.15, -0.1) is 0 Å². The van der Waals surface area contributed by atoms with Crippen LogP contribution in [-0.4, -0.2) is 23.6 Å².